The average molecular weight is 967 g/mol. The number of fused-ring (bicyclic) bond motifs is 1. The van der Waals surface area contributed by atoms with Gasteiger partial charge in [-0.1, -0.05) is 49.9 Å². The number of carboxylic acid groups (broad SMARTS) is 1. The fourth-order valence-electron chi connectivity index (χ4n) is 5.60. The van der Waals surface area contributed by atoms with Gasteiger partial charge < -0.3 is 78.9 Å². The molecule has 63 heavy (non-hydrogen) atoms. The topological polar surface area (TPSA) is 432 Å². The molecule has 4 rings (SSSR count). The molecule has 1 saturated heterocycles. The number of aromatic carboxylic acids is 1. The summed E-state index contributed by atoms with van der Waals surface area (Å²) in [5, 5.41) is 36.9. The molecular formula is C32H39N7O20P3S-5. The van der Waals surface area contributed by atoms with Gasteiger partial charge in [0, 0.05) is 54.6 Å². The highest BCUT2D eigenvalue weighted by Gasteiger charge is 2.47. The average Bonchev–Trinajstić information content (AvgIpc) is 3.76. The highest BCUT2D eigenvalue weighted by molar-refractivity contribution is 8.13. The lowest BCUT2D eigenvalue weighted by Crippen LogP contribution is -2.46. The number of benzene rings is 1. The monoisotopic (exact) mass is 966 g/mol. The van der Waals surface area contributed by atoms with Gasteiger partial charge in [-0.25, -0.2) is 19.3 Å². The second-order valence-corrected chi connectivity index (χ2v) is 19.2. The molecule has 1 aromatic carbocycles. The number of phosphoric acid groups is 3. The van der Waals surface area contributed by atoms with E-state index in [1.165, 1.54) is 24.3 Å². The molecule has 7 atom stereocenters. The number of anilines is 1. The first-order valence-corrected chi connectivity index (χ1v) is 23.5. The number of imidazole rings is 1. The number of hydrogen-bond donors (Lipinski definition) is 5. The number of rotatable bonds is 24. The van der Waals surface area contributed by atoms with Crippen LogP contribution < -0.4 is 41.0 Å². The third-order valence-corrected chi connectivity index (χ3v) is 12.7. The van der Waals surface area contributed by atoms with Crippen LogP contribution in [0.4, 0.5) is 5.82 Å². The SMILES string of the molecule is CC(C)(COP(=O)([O-])OP(=O)([O-])OC[C@H]1O[C@@H](n2cnc3c(N)ncnc32)[C@H](O)[C@@H]1OP(=O)([O-])[O-])[C@@H](O)C(=O)NCCC(=O)NCCSC(=O)CCC(=O)c1ccccc1C(=O)[O-]. The standard InChI is InChI=1S/C32H44N7O20P3S/c1-32(2,26(44)29(45)35-10-9-21(41)34-11-12-63-22(42)8-7-19(40)17-5-3-4-6-18(17)31(46)47)14-56-62(53,54)59-61(51,52)55-13-20-25(58-60(48,49)50)24(43)30(57-20)39-16-38-23-27(33)36-15-37-28(23)39/h3-6,15-16,20,24-26,30,43-44H,7-14H2,1-2H3,(H,34,41)(H,35,45)(H,46,47)(H,51,52)(H,53,54)(H2,33,36,37)(H2,48,49,50)/p-5/t20-,24-,25-,26+,30-/m1/s1. The van der Waals surface area contributed by atoms with Crippen molar-refractivity contribution >= 4 is 80.9 Å². The number of thioether (sulfide) groups is 1. The molecule has 1 aliphatic heterocycles. The summed E-state index contributed by atoms with van der Waals surface area (Å²) in [6, 6.07) is 5.43. The number of aliphatic hydroxyl groups excluding tert-OH is 2. The molecule has 3 heterocycles. The minimum absolute atomic E-state index is 0.0194. The first-order valence-electron chi connectivity index (χ1n) is 18.1. The minimum atomic E-state index is -5.95. The molecule has 0 spiro atoms. The molecule has 0 aliphatic carbocycles. The summed E-state index contributed by atoms with van der Waals surface area (Å²) in [4.78, 5) is 120. The first kappa shape index (κ1) is 51.6. The van der Waals surface area contributed by atoms with Gasteiger partial charge in [0.05, 0.1) is 33.3 Å². The van der Waals surface area contributed by atoms with Gasteiger partial charge in [0.25, 0.3) is 15.6 Å². The maximum absolute atomic E-state index is 12.6. The predicted octanol–water partition coefficient (Wildman–Crippen LogP) is -3.84. The summed E-state index contributed by atoms with van der Waals surface area (Å²) in [7, 11) is -17.7. The minimum Gasteiger partial charge on any atom is -0.790 e. The second kappa shape index (κ2) is 21.7. The van der Waals surface area contributed by atoms with Crippen molar-refractivity contribution in [2.75, 3.05) is 37.8 Å². The Hall–Kier alpha value is -4.08. The van der Waals surface area contributed by atoms with Crippen molar-refractivity contribution in [3.8, 4) is 0 Å². The van der Waals surface area contributed by atoms with E-state index in [4.69, 9.17) is 10.5 Å². The third kappa shape index (κ3) is 15.0. The molecule has 3 aromatic rings. The molecular weight excluding hydrogens is 927 g/mol. The van der Waals surface area contributed by atoms with Crippen LogP contribution in [-0.2, 0) is 50.7 Å². The molecule has 1 fully saturated rings. The van der Waals surface area contributed by atoms with Crippen molar-refractivity contribution in [2.24, 2.45) is 5.41 Å². The third-order valence-electron chi connectivity index (χ3n) is 8.74. The molecule has 2 unspecified atom stereocenters. The summed E-state index contributed by atoms with van der Waals surface area (Å²) < 4.78 is 60.5. The molecule has 2 aromatic heterocycles. The van der Waals surface area contributed by atoms with E-state index in [-0.39, 0.29) is 71.3 Å². The van der Waals surface area contributed by atoms with Crippen LogP contribution in [0.15, 0.2) is 36.9 Å². The number of Topliss-reactive ketones (excluding diaryl/α,β-unsaturated/α-hetero) is 1. The van der Waals surface area contributed by atoms with Gasteiger partial charge in [-0.05, 0) is 0 Å². The number of ketones is 1. The van der Waals surface area contributed by atoms with E-state index in [0.29, 0.717) is 0 Å². The summed E-state index contributed by atoms with van der Waals surface area (Å²) in [5.74, 6) is -3.70. The second-order valence-electron chi connectivity index (χ2n) is 14.0. The maximum atomic E-state index is 12.6. The van der Waals surface area contributed by atoms with E-state index in [1.54, 1.807) is 0 Å². The van der Waals surface area contributed by atoms with Gasteiger partial charge in [-0.3, -0.25) is 32.9 Å². The van der Waals surface area contributed by atoms with Crippen LogP contribution in [0.1, 0.15) is 60.1 Å². The number of nitrogen functional groups attached to an aromatic ring is 1. The highest BCUT2D eigenvalue weighted by Crippen LogP contribution is 2.56. The number of carbonyl (C=O) groups excluding carboxylic acids is 5. The van der Waals surface area contributed by atoms with E-state index in [9.17, 15) is 72.6 Å². The van der Waals surface area contributed by atoms with Crippen molar-refractivity contribution in [1.29, 1.82) is 0 Å². The normalized spacial score (nSPS) is 20.4. The van der Waals surface area contributed by atoms with Crippen LogP contribution in [0.2, 0.25) is 0 Å². The molecule has 6 N–H and O–H groups in total. The molecule has 0 bridgehead atoms. The Labute approximate surface area is 360 Å². The van der Waals surface area contributed by atoms with E-state index in [1.807, 2.05) is 0 Å². The summed E-state index contributed by atoms with van der Waals surface area (Å²) in [6.07, 6.45) is -8.31. The smallest absolute Gasteiger partial charge is 0.274 e. The van der Waals surface area contributed by atoms with Crippen molar-refractivity contribution in [3.05, 3.63) is 48.0 Å². The van der Waals surface area contributed by atoms with Gasteiger partial charge in [-0.15, -0.1) is 0 Å². The quantitative estimate of drug-likeness (QED) is 0.0326. The Morgan fingerprint density at radius 2 is 1.63 bits per heavy atom. The largest absolute Gasteiger partial charge is 0.790 e. The molecule has 1 aliphatic rings. The number of ether oxygens (including phenoxy) is 1. The van der Waals surface area contributed by atoms with Crippen LogP contribution in [0.3, 0.4) is 0 Å². The Kier molecular flexibility index (Phi) is 17.8. The van der Waals surface area contributed by atoms with Gasteiger partial charge in [0.15, 0.2) is 28.6 Å². The lowest BCUT2D eigenvalue weighted by molar-refractivity contribution is -0.347. The maximum Gasteiger partial charge on any atom is 0.274 e. The number of aromatic nitrogens is 4. The zero-order valence-electron chi connectivity index (χ0n) is 32.9. The summed E-state index contributed by atoms with van der Waals surface area (Å²) in [6.45, 7) is -0.312. The lowest BCUT2D eigenvalue weighted by Gasteiger charge is -2.36. The van der Waals surface area contributed by atoms with Crippen LogP contribution in [0, 0.1) is 5.41 Å². The molecule has 0 radical (unpaired) electrons. The molecule has 2 amide bonds. The lowest BCUT2D eigenvalue weighted by atomic mass is 9.87. The van der Waals surface area contributed by atoms with E-state index in [2.05, 4.69) is 43.5 Å². The van der Waals surface area contributed by atoms with E-state index >= 15 is 0 Å². The van der Waals surface area contributed by atoms with Crippen molar-refractivity contribution < 1.29 is 95.2 Å². The van der Waals surface area contributed by atoms with Gasteiger partial charge in [0.2, 0.25) is 11.8 Å². The molecule has 0 saturated carbocycles. The number of nitrogens with one attached hydrogen (secondary N) is 2. The number of carboxylic acids is 1. The number of nitrogens with two attached hydrogens (primary N) is 1. The van der Waals surface area contributed by atoms with Crippen molar-refractivity contribution in [3.63, 3.8) is 0 Å². The van der Waals surface area contributed by atoms with Crippen molar-refractivity contribution in [2.45, 2.75) is 63.8 Å². The molecule has 27 nitrogen and oxygen atoms in total. The summed E-state index contributed by atoms with van der Waals surface area (Å²) in [5.41, 5.74) is 3.60. The number of nitrogens with zero attached hydrogens (tertiary/aromatic N) is 4. The number of carbonyl (C=O) groups is 5. The number of hydrogen-bond acceptors (Lipinski definition) is 25. The van der Waals surface area contributed by atoms with E-state index < -0.39 is 96.3 Å². The fraction of sp³-hybridized carbons (Fsp3) is 0.500. The van der Waals surface area contributed by atoms with Crippen LogP contribution in [0.25, 0.3) is 11.2 Å². The van der Waals surface area contributed by atoms with E-state index in [0.717, 1.165) is 42.8 Å². The van der Waals surface area contributed by atoms with Crippen LogP contribution in [0.5, 0.6) is 0 Å². The number of aliphatic hydroxyl groups is 2. The van der Waals surface area contributed by atoms with Gasteiger partial charge in [0.1, 0.15) is 36.3 Å². The van der Waals surface area contributed by atoms with Gasteiger partial charge >= 0.3 is 0 Å². The molecule has 31 heteroatoms. The number of amides is 2. The Balaban J connectivity index is 1.18. The van der Waals surface area contributed by atoms with Crippen molar-refractivity contribution in [1.82, 2.24) is 30.2 Å². The Morgan fingerprint density at radius 3 is 2.30 bits per heavy atom. The Morgan fingerprint density at radius 1 is 0.968 bits per heavy atom. The van der Waals surface area contributed by atoms with Crippen LogP contribution in [-0.4, -0.2) is 115 Å². The molecule has 348 valence electrons. The highest BCUT2D eigenvalue weighted by atomic mass is 32.2. The van der Waals surface area contributed by atoms with Crippen LogP contribution >= 0.6 is 35.2 Å². The Bertz CT molecular complexity index is 2310. The zero-order valence-corrected chi connectivity index (χ0v) is 36.4. The fourth-order valence-corrected chi connectivity index (χ4v) is 9.01. The predicted molar refractivity (Wildman–Crippen MR) is 203 cm³/mol. The van der Waals surface area contributed by atoms with Gasteiger partial charge in [-0.2, -0.15) is 0 Å². The summed E-state index contributed by atoms with van der Waals surface area (Å²) >= 11 is 0.825. The number of phosphoric ester groups is 3. The first-order chi connectivity index (χ1) is 29.3. The zero-order chi connectivity index (χ0) is 46.9.